The van der Waals surface area contributed by atoms with Gasteiger partial charge in [0.1, 0.15) is 5.82 Å². The molecule has 0 radical (unpaired) electrons. The van der Waals surface area contributed by atoms with Gasteiger partial charge in [-0.05, 0) is 12.1 Å². The molecular weight excluding hydrogens is 230 g/mol. The van der Waals surface area contributed by atoms with Crippen LogP contribution in [-0.4, -0.2) is 32.6 Å². The van der Waals surface area contributed by atoms with E-state index in [-0.39, 0.29) is 11.7 Å². The minimum atomic E-state index is -0.149. The number of carbonyl (C=O) groups excluding carboxylic acids is 1. The molecule has 0 bridgehead atoms. The van der Waals surface area contributed by atoms with E-state index in [0.29, 0.717) is 12.1 Å². The summed E-state index contributed by atoms with van der Waals surface area (Å²) < 4.78 is 1.70. The summed E-state index contributed by atoms with van der Waals surface area (Å²) in [5.74, 6) is 0.102. The molecule has 0 aliphatic rings. The van der Waals surface area contributed by atoms with E-state index in [0.717, 1.165) is 5.56 Å². The van der Waals surface area contributed by atoms with Crippen LogP contribution in [0, 0.1) is 0 Å². The van der Waals surface area contributed by atoms with Crippen LogP contribution in [0.3, 0.4) is 0 Å². The van der Waals surface area contributed by atoms with Crippen molar-refractivity contribution in [2.75, 3.05) is 12.8 Å². The maximum Gasteiger partial charge on any atom is 0.257 e. The van der Waals surface area contributed by atoms with Crippen LogP contribution in [0.1, 0.15) is 15.9 Å². The SMILES string of the molecule is CN(Cc1cnn(C)c1)C(=O)c1cccnc1N. The molecule has 94 valence electrons. The second kappa shape index (κ2) is 4.87. The lowest BCUT2D eigenvalue weighted by Crippen LogP contribution is -2.27. The average molecular weight is 245 g/mol. The van der Waals surface area contributed by atoms with E-state index in [2.05, 4.69) is 10.1 Å². The maximum absolute atomic E-state index is 12.2. The molecule has 0 saturated heterocycles. The van der Waals surface area contributed by atoms with Crippen molar-refractivity contribution < 1.29 is 4.79 Å². The zero-order valence-corrected chi connectivity index (χ0v) is 10.4. The number of nitrogens with two attached hydrogens (primary N) is 1. The van der Waals surface area contributed by atoms with Crippen molar-refractivity contribution in [2.45, 2.75) is 6.54 Å². The third kappa shape index (κ3) is 2.48. The molecule has 0 atom stereocenters. The molecule has 0 spiro atoms. The molecule has 6 heteroatoms. The van der Waals surface area contributed by atoms with Crippen molar-refractivity contribution in [3.05, 3.63) is 41.9 Å². The van der Waals surface area contributed by atoms with Gasteiger partial charge < -0.3 is 10.6 Å². The second-order valence-corrected chi connectivity index (χ2v) is 4.12. The first-order chi connectivity index (χ1) is 8.58. The van der Waals surface area contributed by atoms with Crippen LogP contribution in [0.2, 0.25) is 0 Å². The van der Waals surface area contributed by atoms with Gasteiger partial charge in [0.25, 0.3) is 5.91 Å². The summed E-state index contributed by atoms with van der Waals surface area (Å²) in [6, 6.07) is 3.37. The van der Waals surface area contributed by atoms with E-state index in [9.17, 15) is 4.79 Å². The number of carbonyl (C=O) groups is 1. The Morgan fingerprint density at radius 3 is 2.94 bits per heavy atom. The Hall–Kier alpha value is -2.37. The van der Waals surface area contributed by atoms with Gasteiger partial charge in [0, 0.05) is 38.6 Å². The lowest BCUT2D eigenvalue weighted by Gasteiger charge is -2.16. The fourth-order valence-electron chi connectivity index (χ4n) is 1.70. The topological polar surface area (TPSA) is 77.0 Å². The zero-order valence-electron chi connectivity index (χ0n) is 10.4. The third-order valence-corrected chi connectivity index (χ3v) is 2.59. The number of nitrogens with zero attached hydrogens (tertiary/aromatic N) is 4. The fraction of sp³-hybridized carbons (Fsp3) is 0.250. The Bertz CT molecular complexity index is 563. The van der Waals surface area contributed by atoms with Crippen LogP contribution in [-0.2, 0) is 13.6 Å². The highest BCUT2D eigenvalue weighted by atomic mass is 16.2. The highest BCUT2D eigenvalue weighted by molar-refractivity contribution is 5.98. The standard InChI is InChI=1S/C12H15N5O/c1-16(7-9-6-15-17(2)8-9)12(18)10-4-3-5-14-11(10)13/h3-6,8H,7H2,1-2H3,(H2,13,14). The highest BCUT2D eigenvalue weighted by Crippen LogP contribution is 2.11. The minimum absolute atomic E-state index is 0.149. The van der Waals surface area contributed by atoms with Gasteiger partial charge >= 0.3 is 0 Å². The highest BCUT2D eigenvalue weighted by Gasteiger charge is 2.15. The molecule has 0 aliphatic heterocycles. The Kier molecular flexibility index (Phi) is 3.27. The number of pyridine rings is 1. The summed E-state index contributed by atoms with van der Waals surface area (Å²) >= 11 is 0. The summed E-state index contributed by atoms with van der Waals surface area (Å²) in [6.45, 7) is 0.487. The summed E-state index contributed by atoms with van der Waals surface area (Å²) in [6.07, 6.45) is 5.17. The second-order valence-electron chi connectivity index (χ2n) is 4.12. The molecule has 0 unspecified atom stereocenters. The summed E-state index contributed by atoms with van der Waals surface area (Å²) in [5.41, 5.74) is 7.07. The first-order valence-electron chi connectivity index (χ1n) is 5.51. The van der Waals surface area contributed by atoms with Crippen LogP contribution in [0.15, 0.2) is 30.7 Å². The first-order valence-corrected chi connectivity index (χ1v) is 5.51. The number of amides is 1. The van der Waals surface area contributed by atoms with Crippen LogP contribution in [0.4, 0.5) is 5.82 Å². The maximum atomic E-state index is 12.2. The van der Waals surface area contributed by atoms with Gasteiger partial charge in [-0.25, -0.2) is 4.98 Å². The third-order valence-electron chi connectivity index (χ3n) is 2.59. The molecule has 0 aliphatic carbocycles. The average Bonchev–Trinajstić information content (AvgIpc) is 2.74. The van der Waals surface area contributed by atoms with E-state index >= 15 is 0 Å². The van der Waals surface area contributed by atoms with E-state index in [1.165, 1.54) is 0 Å². The van der Waals surface area contributed by atoms with Crippen LogP contribution in [0.5, 0.6) is 0 Å². The molecule has 6 nitrogen and oxygen atoms in total. The lowest BCUT2D eigenvalue weighted by molar-refractivity contribution is 0.0786. The predicted molar refractivity (Wildman–Crippen MR) is 67.7 cm³/mol. The molecule has 2 aromatic rings. The van der Waals surface area contributed by atoms with Crippen molar-refractivity contribution in [3.63, 3.8) is 0 Å². The molecule has 0 saturated carbocycles. The number of hydrogen-bond acceptors (Lipinski definition) is 4. The van der Waals surface area contributed by atoms with Crippen molar-refractivity contribution in [3.8, 4) is 0 Å². The largest absolute Gasteiger partial charge is 0.383 e. The van der Waals surface area contributed by atoms with Gasteiger partial charge in [0.2, 0.25) is 0 Å². The summed E-state index contributed by atoms with van der Waals surface area (Å²) in [7, 11) is 3.56. The molecule has 2 aromatic heterocycles. The van der Waals surface area contributed by atoms with Crippen molar-refractivity contribution in [2.24, 2.45) is 7.05 Å². The Balaban J connectivity index is 2.12. The number of hydrogen-bond donors (Lipinski definition) is 1. The molecule has 2 heterocycles. The van der Waals surface area contributed by atoms with E-state index in [1.54, 1.807) is 41.2 Å². The molecule has 1 amide bonds. The summed E-state index contributed by atoms with van der Waals surface area (Å²) in [5, 5.41) is 4.06. The van der Waals surface area contributed by atoms with Crippen molar-refractivity contribution in [1.29, 1.82) is 0 Å². The van der Waals surface area contributed by atoms with Gasteiger partial charge in [-0.1, -0.05) is 0 Å². The van der Waals surface area contributed by atoms with Crippen LogP contribution >= 0.6 is 0 Å². The Labute approximate surface area is 105 Å². The van der Waals surface area contributed by atoms with Gasteiger partial charge in [0.05, 0.1) is 11.8 Å². The Morgan fingerprint density at radius 2 is 2.33 bits per heavy atom. The number of aryl methyl sites for hydroxylation is 1. The van der Waals surface area contributed by atoms with Gasteiger partial charge in [-0.3, -0.25) is 9.48 Å². The predicted octanol–water partition coefficient (Wildman–Crippen LogP) is 0.670. The number of nitrogen functional groups attached to an aromatic ring is 1. The zero-order chi connectivity index (χ0) is 13.1. The minimum Gasteiger partial charge on any atom is -0.383 e. The molecule has 18 heavy (non-hydrogen) atoms. The normalized spacial score (nSPS) is 10.3. The van der Waals surface area contributed by atoms with Crippen LogP contribution in [0.25, 0.3) is 0 Å². The smallest absolute Gasteiger partial charge is 0.257 e. The van der Waals surface area contributed by atoms with E-state index in [1.807, 2.05) is 13.2 Å². The monoisotopic (exact) mass is 245 g/mol. The summed E-state index contributed by atoms with van der Waals surface area (Å²) in [4.78, 5) is 17.7. The molecule has 2 rings (SSSR count). The molecule has 0 aromatic carbocycles. The fourth-order valence-corrected chi connectivity index (χ4v) is 1.70. The van der Waals surface area contributed by atoms with Gasteiger partial charge in [-0.15, -0.1) is 0 Å². The van der Waals surface area contributed by atoms with E-state index in [4.69, 9.17) is 5.73 Å². The Morgan fingerprint density at radius 1 is 1.56 bits per heavy atom. The molecule has 2 N–H and O–H groups in total. The first kappa shape index (κ1) is 12.1. The van der Waals surface area contributed by atoms with Gasteiger partial charge in [0.15, 0.2) is 0 Å². The number of anilines is 1. The molecular formula is C12H15N5O. The quantitative estimate of drug-likeness (QED) is 0.862. The van der Waals surface area contributed by atoms with Crippen molar-refractivity contribution >= 4 is 11.7 Å². The number of aromatic nitrogens is 3. The number of rotatable bonds is 3. The van der Waals surface area contributed by atoms with Gasteiger partial charge in [-0.2, -0.15) is 5.10 Å². The lowest BCUT2D eigenvalue weighted by atomic mass is 10.2. The van der Waals surface area contributed by atoms with E-state index < -0.39 is 0 Å². The molecule has 0 fully saturated rings. The van der Waals surface area contributed by atoms with Crippen molar-refractivity contribution in [1.82, 2.24) is 19.7 Å². The van der Waals surface area contributed by atoms with Crippen LogP contribution < -0.4 is 5.73 Å².